The maximum absolute atomic E-state index is 14.5. The molecule has 0 aromatic heterocycles. The van der Waals surface area contributed by atoms with Crippen molar-refractivity contribution in [2.45, 2.75) is 168 Å². The van der Waals surface area contributed by atoms with Gasteiger partial charge in [0.25, 0.3) is 11.8 Å². The number of carbonyl (C=O) groups is 9. The number of anilines is 1. The molecule has 0 spiro atoms. The van der Waals surface area contributed by atoms with Crippen LogP contribution in [-0.2, 0) is 59.1 Å². The number of fused-ring (bicyclic) bond motifs is 3. The molecular formula is C55H76N6O14. The van der Waals surface area contributed by atoms with Gasteiger partial charge in [0.1, 0.15) is 18.7 Å². The van der Waals surface area contributed by atoms with E-state index in [0.29, 0.717) is 49.8 Å². The number of unbranched alkanes of at least 4 members (excludes halogenated alkanes) is 2. The quantitative estimate of drug-likeness (QED) is 0.0387. The van der Waals surface area contributed by atoms with E-state index in [9.17, 15) is 48.3 Å². The van der Waals surface area contributed by atoms with Crippen molar-refractivity contribution in [2.75, 3.05) is 25.0 Å². The summed E-state index contributed by atoms with van der Waals surface area (Å²) in [6.45, 7) is 11.1. The van der Waals surface area contributed by atoms with Gasteiger partial charge in [-0.25, -0.2) is 9.59 Å². The molecule has 3 aliphatic carbocycles. The van der Waals surface area contributed by atoms with Gasteiger partial charge in [-0.2, -0.15) is 0 Å². The first kappa shape index (κ1) is 58.0. The molecule has 1 aromatic rings. The molecule has 3 fully saturated rings. The van der Waals surface area contributed by atoms with E-state index in [2.05, 4.69) is 35.1 Å². The normalized spacial score (nSPS) is 27.5. The third kappa shape index (κ3) is 13.6. The van der Waals surface area contributed by atoms with Crippen molar-refractivity contribution in [3.63, 3.8) is 0 Å². The molecule has 410 valence electrons. The van der Waals surface area contributed by atoms with Crippen LogP contribution < -0.4 is 27.0 Å². The minimum Gasteiger partial charge on any atom is -0.429 e. The molecule has 1 saturated heterocycles. The number of benzene rings is 1. The Hall–Kier alpha value is -6.25. The Morgan fingerprint density at radius 3 is 2.28 bits per heavy atom. The Morgan fingerprint density at radius 1 is 0.893 bits per heavy atom. The standard InChI is InChI=1S/C55H76N6O14/c1-7-13-35-27-38(62)23-24-53(35,5)39-28-36-29-43-55(54(36,6)30-41(39)63,75-47(74-43)14-8-2)42(64)32-73-52(71)72-31-34-17-19-37(20-18-34)58-49(68)40(15-12-25-57-51(56)70)59-50(69)48(33(3)4)60-44(65)16-10-9-11-26-61-45(66)21-22-46(61)67/h17-24,27,33,36,39-41,43,47-48,63H,7-16,25-26,28-32H2,1-6H3,(H,58,68)(H,59,69)(H,60,65)(H3,56,57,70)/t36-,39-,40+,41+,43-,47?,48+,53+,54+,55-/m1/s1. The second kappa shape index (κ2) is 25.5. The number of aliphatic hydroxyl groups is 1. The van der Waals surface area contributed by atoms with Gasteiger partial charge >= 0.3 is 12.2 Å². The summed E-state index contributed by atoms with van der Waals surface area (Å²) in [5.74, 6) is -3.46. The SMILES string of the molecule is CCCC1=CC(=O)C=C[C@]1(C)[C@@H]1C[C@@H]2C[C@H]3OC(CCC)O[C@@]3(C(=O)COC(=O)OCc3ccc(NC(=O)[C@H](CCCNC(N)=O)NC(=O)[C@@H](NC(=O)CCCCCN4C(=O)C=CC4=O)C(C)C)cc3)[C@@]2(C)C[C@@H]1O. The number of hydrogen-bond acceptors (Lipinski definition) is 14. The monoisotopic (exact) mass is 1040 g/mol. The van der Waals surface area contributed by atoms with E-state index in [1.165, 1.54) is 12.2 Å². The van der Waals surface area contributed by atoms with Crippen molar-refractivity contribution in [1.29, 1.82) is 0 Å². The average Bonchev–Trinajstić information content (AvgIpc) is 3.97. The Balaban J connectivity index is 1.01. The van der Waals surface area contributed by atoms with Crippen LogP contribution in [0.5, 0.6) is 0 Å². The van der Waals surface area contributed by atoms with E-state index in [-0.39, 0.29) is 86.6 Å². The summed E-state index contributed by atoms with van der Waals surface area (Å²) in [6, 6.07) is 3.54. The Morgan fingerprint density at radius 2 is 1.61 bits per heavy atom. The number of nitrogens with two attached hydrogens (primary N) is 1. The van der Waals surface area contributed by atoms with E-state index < -0.39 is 83.4 Å². The molecule has 6 rings (SSSR count). The second-order valence-electron chi connectivity index (χ2n) is 21.3. The van der Waals surface area contributed by atoms with Crippen molar-refractivity contribution in [3.8, 4) is 0 Å². The van der Waals surface area contributed by atoms with Crippen LogP contribution in [0.25, 0.3) is 0 Å². The molecule has 1 aromatic carbocycles. The minimum atomic E-state index is -1.48. The molecular weight excluding hydrogens is 969 g/mol. The number of hydrogen-bond donors (Lipinski definition) is 6. The smallest absolute Gasteiger partial charge is 0.429 e. The van der Waals surface area contributed by atoms with Crippen molar-refractivity contribution in [3.05, 3.63) is 65.8 Å². The van der Waals surface area contributed by atoms with Crippen LogP contribution in [0.1, 0.15) is 131 Å². The molecule has 7 amide bonds. The lowest BCUT2D eigenvalue weighted by Gasteiger charge is -2.53. The van der Waals surface area contributed by atoms with Gasteiger partial charge in [-0.3, -0.25) is 38.5 Å². The first-order valence-corrected chi connectivity index (χ1v) is 26.5. The lowest BCUT2D eigenvalue weighted by atomic mass is 9.53. The van der Waals surface area contributed by atoms with E-state index in [1.54, 1.807) is 50.3 Å². The number of allylic oxidation sites excluding steroid dienone is 4. The Labute approximate surface area is 438 Å². The zero-order valence-corrected chi connectivity index (χ0v) is 44.1. The lowest BCUT2D eigenvalue weighted by molar-refractivity contribution is -0.188. The number of imide groups is 1. The summed E-state index contributed by atoms with van der Waals surface area (Å²) in [6.07, 6.45) is 10.7. The summed E-state index contributed by atoms with van der Waals surface area (Å²) < 4.78 is 23.9. The van der Waals surface area contributed by atoms with Gasteiger partial charge in [-0.15, -0.1) is 0 Å². The van der Waals surface area contributed by atoms with Crippen molar-refractivity contribution < 1.29 is 67.2 Å². The highest BCUT2D eigenvalue weighted by Gasteiger charge is 2.74. The van der Waals surface area contributed by atoms with Crippen molar-refractivity contribution >= 4 is 59.0 Å². The van der Waals surface area contributed by atoms with Crippen molar-refractivity contribution in [2.24, 2.45) is 34.3 Å². The van der Waals surface area contributed by atoms with E-state index >= 15 is 0 Å². The lowest BCUT2D eigenvalue weighted by Crippen LogP contribution is -2.61. The van der Waals surface area contributed by atoms with E-state index in [4.69, 9.17) is 24.7 Å². The van der Waals surface area contributed by atoms with Crippen LogP contribution in [0, 0.1) is 28.6 Å². The number of ether oxygens (including phenoxy) is 4. The molecule has 75 heavy (non-hydrogen) atoms. The number of carbonyl (C=O) groups excluding carboxylic acids is 9. The van der Waals surface area contributed by atoms with E-state index in [1.807, 2.05) is 19.9 Å². The van der Waals surface area contributed by atoms with Gasteiger partial charge in [-0.05, 0) is 105 Å². The van der Waals surface area contributed by atoms with Gasteiger partial charge in [0.15, 0.2) is 24.3 Å². The molecule has 2 aliphatic heterocycles. The predicted octanol–water partition coefficient (Wildman–Crippen LogP) is 5.36. The van der Waals surface area contributed by atoms with Crippen LogP contribution in [0.4, 0.5) is 15.3 Å². The van der Waals surface area contributed by atoms with Gasteiger partial charge in [0.2, 0.25) is 23.5 Å². The van der Waals surface area contributed by atoms with Gasteiger partial charge < -0.3 is 51.1 Å². The summed E-state index contributed by atoms with van der Waals surface area (Å²) in [4.78, 5) is 116. The summed E-state index contributed by atoms with van der Waals surface area (Å²) >= 11 is 0. The topological polar surface area (TPSA) is 288 Å². The molecule has 20 heteroatoms. The number of urea groups is 1. The van der Waals surface area contributed by atoms with Crippen LogP contribution in [0.3, 0.4) is 0 Å². The predicted molar refractivity (Wildman–Crippen MR) is 274 cm³/mol. The highest BCUT2D eigenvalue weighted by atomic mass is 16.8. The zero-order chi connectivity index (χ0) is 54.7. The molecule has 2 heterocycles. The zero-order valence-electron chi connectivity index (χ0n) is 44.1. The number of aliphatic hydroxyl groups excluding tert-OH is 1. The molecule has 0 bridgehead atoms. The third-order valence-electron chi connectivity index (χ3n) is 15.8. The van der Waals surface area contributed by atoms with Gasteiger partial charge in [-0.1, -0.05) is 84.6 Å². The number of ketones is 2. The maximum atomic E-state index is 14.5. The number of nitrogens with one attached hydrogen (secondary N) is 4. The Kier molecular flexibility index (Phi) is 19.7. The first-order chi connectivity index (χ1) is 35.6. The highest BCUT2D eigenvalue weighted by Crippen LogP contribution is 2.66. The number of nitrogens with zero attached hydrogens (tertiary/aromatic N) is 1. The third-order valence-corrected chi connectivity index (χ3v) is 15.8. The summed E-state index contributed by atoms with van der Waals surface area (Å²) in [7, 11) is 0. The summed E-state index contributed by atoms with van der Waals surface area (Å²) in [5.41, 5.74) is 4.19. The summed E-state index contributed by atoms with van der Waals surface area (Å²) in [5, 5.41) is 22.7. The van der Waals surface area contributed by atoms with Gasteiger partial charge in [0.05, 0.1) is 12.2 Å². The molecule has 2 saturated carbocycles. The molecule has 20 nitrogen and oxygen atoms in total. The fourth-order valence-electron chi connectivity index (χ4n) is 11.7. The minimum absolute atomic E-state index is 0.0649. The fourth-order valence-corrected chi connectivity index (χ4v) is 11.7. The molecule has 0 radical (unpaired) electrons. The average molecular weight is 1050 g/mol. The largest absolute Gasteiger partial charge is 0.509 e. The maximum Gasteiger partial charge on any atom is 0.509 e. The van der Waals surface area contributed by atoms with Gasteiger partial charge in [0, 0.05) is 48.2 Å². The highest BCUT2D eigenvalue weighted by molar-refractivity contribution is 6.12. The second-order valence-corrected chi connectivity index (χ2v) is 21.3. The molecule has 5 aliphatic rings. The van der Waals surface area contributed by atoms with Crippen LogP contribution in [0.15, 0.2) is 60.2 Å². The fraction of sp³-hybridized carbons (Fsp3) is 0.618. The van der Waals surface area contributed by atoms with Crippen molar-refractivity contribution in [1.82, 2.24) is 20.9 Å². The molecule has 10 atom stereocenters. The first-order valence-electron chi connectivity index (χ1n) is 26.5. The molecule has 1 unspecified atom stereocenters. The number of rotatable bonds is 26. The number of Topliss-reactive ketones (excluding diaryl/α,β-unsaturated/α-hetero) is 1. The Bertz CT molecular complexity index is 2390. The van der Waals surface area contributed by atoms with Crippen LogP contribution in [-0.4, -0.2) is 119 Å². The van der Waals surface area contributed by atoms with E-state index in [0.717, 1.165) is 29.7 Å². The number of amides is 7. The number of primary amides is 1. The molecule has 7 N–H and O–H groups in total. The van der Waals surface area contributed by atoms with Crippen LogP contribution >= 0.6 is 0 Å². The van der Waals surface area contributed by atoms with Crippen LogP contribution in [0.2, 0.25) is 0 Å².